The monoisotopic (exact) mass is 714 g/mol. The molecule has 1 aliphatic carbocycles. The highest BCUT2D eigenvalue weighted by Crippen LogP contribution is 2.51. The van der Waals surface area contributed by atoms with Crippen LogP contribution < -0.4 is 14.4 Å². The van der Waals surface area contributed by atoms with E-state index in [0.29, 0.717) is 35.6 Å². The molecule has 0 spiro atoms. The van der Waals surface area contributed by atoms with Gasteiger partial charge in [0.15, 0.2) is 0 Å². The maximum atomic E-state index is 13.5. The molecule has 3 heterocycles. The lowest BCUT2D eigenvalue weighted by molar-refractivity contribution is -0.0845. The lowest BCUT2D eigenvalue weighted by atomic mass is 9.63. The number of methoxy groups -OCH3 is 1. The molecule has 6 rings (SSSR count). The maximum Gasteiger partial charge on any atom is 0.264 e. The summed E-state index contributed by atoms with van der Waals surface area (Å²) in [5, 5.41) is 0.243. The summed E-state index contributed by atoms with van der Waals surface area (Å²) in [6.45, 7) is 5.28. The molecule has 48 heavy (non-hydrogen) atoms. The highest BCUT2D eigenvalue weighted by Gasteiger charge is 2.50. The molecule has 1 N–H and O–H groups in total. The van der Waals surface area contributed by atoms with Crippen molar-refractivity contribution in [3.8, 4) is 5.75 Å². The minimum Gasteiger partial charge on any atom is -0.487 e. The van der Waals surface area contributed by atoms with E-state index in [-0.39, 0.29) is 23.3 Å². The molecule has 3 aliphatic rings. The van der Waals surface area contributed by atoms with Crippen LogP contribution in [0.1, 0.15) is 73.1 Å². The molecule has 3 aromatic rings. The largest absolute Gasteiger partial charge is 0.487 e. The third-order valence-corrected chi connectivity index (χ3v) is 13.2. The summed E-state index contributed by atoms with van der Waals surface area (Å²) in [6, 6.07) is 11.1. The molecule has 12 heteroatoms. The van der Waals surface area contributed by atoms with E-state index in [1.807, 2.05) is 42.8 Å². The number of nitrogens with zero attached hydrogens (tertiary/aromatic N) is 3. The molecule has 0 unspecified atom stereocenters. The van der Waals surface area contributed by atoms with Gasteiger partial charge in [0.05, 0.1) is 22.8 Å². The smallest absolute Gasteiger partial charge is 0.264 e. The molecule has 0 radical (unpaired) electrons. The standard InChI is InChI=1S/C36H44Cl2N4O5S/c1-23-8-7-16-36(46-4,33-20-39-35(38)41(33)3)30-14-11-27(30)21-42-17-6-5-9-25-18-29(37)13-10-28(25)22-47-32-15-12-26(19-31(32)42)34(43)40-48(44,45)24(23)2/h7,10,12-13,15-16,18-20,23-24,27,30H,5-6,8-9,11,14,17,21-22H2,1-4H3,(H,40,43)/b16-7+/t23-,24+,27-,30+,36-/m0/s1. The number of benzene rings is 2. The van der Waals surface area contributed by atoms with Crippen LogP contribution in [0.25, 0.3) is 0 Å². The zero-order chi connectivity index (χ0) is 34.2. The number of imidazole rings is 1. The average Bonchev–Trinajstić information content (AvgIpc) is 3.37. The molecule has 5 atom stereocenters. The Kier molecular flexibility index (Phi) is 10.2. The van der Waals surface area contributed by atoms with Crippen molar-refractivity contribution in [1.82, 2.24) is 14.3 Å². The highest BCUT2D eigenvalue weighted by atomic mass is 35.5. The Balaban J connectivity index is 1.46. The fourth-order valence-electron chi connectivity index (χ4n) is 7.42. The summed E-state index contributed by atoms with van der Waals surface area (Å²) in [6.07, 6.45) is 11.0. The van der Waals surface area contributed by atoms with E-state index in [1.165, 1.54) is 0 Å². The molecule has 2 aliphatic heterocycles. The molecular weight excluding hydrogens is 671 g/mol. The van der Waals surface area contributed by atoms with Crippen molar-refractivity contribution < 1.29 is 22.7 Å². The predicted molar refractivity (Wildman–Crippen MR) is 189 cm³/mol. The van der Waals surface area contributed by atoms with Crippen LogP contribution in [0.5, 0.6) is 5.75 Å². The van der Waals surface area contributed by atoms with Crippen molar-refractivity contribution in [3.05, 3.63) is 87.4 Å². The Bertz CT molecular complexity index is 1810. The van der Waals surface area contributed by atoms with Gasteiger partial charge in [-0.05, 0) is 110 Å². The van der Waals surface area contributed by atoms with Crippen LogP contribution >= 0.6 is 23.2 Å². The number of hydrogen-bond donors (Lipinski definition) is 1. The van der Waals surface area contributed by atoms with Crippen LogP contribution in [0.4, 0.5) is 5.69 Å². The van der Waals surface area contributed by atoms with Gasteiger partial charge in [-0.2, -0.15) is 0 Å². The number of carbonyl (C=O) groups is 1. The van der Waals surface area contributed by atoms with Crippen LogP contribution in [0.2, 0.25) is 10.3 Å². The Morgan fingerprint density at radius 2 is 1.90 bits per heavy atom. The minimum absolute atomic E-state index is 0.0926. The number of nitrogens with one attached hydrogen (secondary N) is 1. The lowest BCUT2D eigenvalue weighted by Gasteiger charge is -2.49. The SMILES string of the molecule is CO[C@@]1(c2cnc(Cl)n2C)/C=C/C[C@H](C)[C@@H](C)S(=O)(=O)NC(=O)c2ccc3c(c2)N(CCCCc2cc(Cl)ccc2CO3)C[C@@H]2CC[C@H]21. The number of sulfonamides is 1. The van der Waals surface area contributed by atoms with Crippen molar-refractivity contribution in [3.63, 3.8) is 0 Å². The maximum absolute atomic E-state index is 13.5. The Hall–Kier alpha value is -3.05. The van der Waals surface area contributed by atoms with Crippen molar-refractivity contribution in [1.29, 1.82) is 0 Å². The first kappa shape index (κ1) is 34.8. The molecule has 1 fully saturated rings. The zero-order valence-electron chi connectivity index (χ0n) is 27.9. The Labute approximate surface area is 293 Å². The van der Waals surface area contributed by atoms with E-state index in [0.717, 1.165) is 61.2 Å². The third-order valence-electron chi connectivity index (χ3n) is 10.7. The van der Waals surface area contributed by atoms with E-state index in [2.05, 4.69) is 20.7 Å². The van der Waals surface area contributed by atoms with Crippen LogP contribution in [0.3, 0.4) is 0 Å². The molecule has 2 bridgehead atoms. The molecule has 1 amide bonds. The van der Waals surface area contributed by atoms with Gasteiger partial charge in [0, 0.05) is 43.8 Å². The summed E-state index contributed by atoms with van der Waals surface area (Å²) in [7, 11) is -0.377. The number of halogens is 2. The van der Waals surface area contributed by atoms with Crippen LogP contribution in [0.15, 0.2) is 54.7 Å². The number of anilines is 1. The molecule has 9 nitrogen and oxygen atoms in total. The molecular formula is C36H44Cl2N4O5S. The first-order chi connectivity index (χ1) is 22.9. The van der Waals surface area contributed by atoms with Gasteiger partial charge in [-0.3, -0.25) is 4.79 Å². The normalized spacial score (nSPS) is 28.5. The van der Waals surface area contributed by atoms with E-state index in [1.54, 1.807) is 38.4 Å². The summed E-state index contributed by atoms with van der Waals surface area (Å²) in [5.41, 5.74) is 3.27. The number of amides is 1. The van der Waals surface area contributed by atoms with Crippen molar-refractivity contribution in [2.24, 2.45) is 24.8 Å². The number of ether oxygens (including phenoxy) is 2. The summed E-state index contributed by atoms with van der Waals surface area (Å²) < 4.78 is 44.1. The van der Waals surface area contributed by atoms with Crippen molar-refractivity contribution in [2.45, 2.75) is 69.8 Å². The topological polar surface area (TPSA) is 103 Å². The van der Waals surface area contributed by atoms with Crippen LogP contribution in [0, 0.1) is 17.8 Å². The zero-order valence-corrected chi connectivity index (χ0v) is 30.2. The van der Waals surface area contributed by atoms with Crippen LogP contribution in [-0.4, -0.2) is 49.3 Å². The second kappa shape index (κ2) is 14.1. The van der Waals surface area contributed by atoms with Gasteiger partial charge >= 0.3 is 0 Å². The predicted octanol–water partition coefficient (Wildman–Crippen LogP) is 7.06. The molecule has 1 saturated carbocycles. The van der Waals surface area contributed by atoms with Gasteiger partial charge in [0.1, 0.15) is 18.0 Å². The third kappa shape index (κ3) is 6.73. The van der Waals surface area contributed by atoms with Gasteiger partial charge in [0.2, 0.25) is 15.3 Å². The second-order valence-corrected chi connectivity index (χ2v) is 16.3. The minimum atomic E-state index is -3.99. The fraction of sp³-hybridized carbons (Fsp3) is 0.500. The highest BCUT2D eigenvalue weighted by molar-refractivity contribution is 7.90. The van der Waals surface area contributed by atoms with Gasteiger partial charge in [0.25, 0.3) is 5.91 Å². The first-order valence-electron chi connectivity index (χ1n) is 16.7. The first-order valence-corrected chi connectivity index (χ1v) is 19.0. The van der Waals surface area contributed by atoms with Crippen molar-refractivity contribution >= 4 is 44.8 Å². The second-order valence-electron chi connectivity index (χ2n) is 13.5. The number of fused-ring (bicyclic) bond motifs is 3. The number of carbonyl (C=O) groups excluding carboxylic acids is 1. The number of aryl methyl sites for hydroxylation is 1. The molecule has 1 aromatic heterocycles. The van der Waals surface area contributed by atoms with Gasteiger partial charge in [-0.25, -0.2) is 18.1 Å². The summed E-state index contributed by atoms with van der Waals surface area (Å²) in [5.74, 6) is 0.0269. The molecule has 258 valence electrons. The van der Waals surface area contributed by atoms with Gasteiger partial charge < -0.3 is 18.9 Å². The van der Waals surface area contributed by atoms with E-state index >= 15 is 0 Å². The fourth-order valence-corrected chi connectivity index (χ4v) is 9.04. The molecule has 0 saturated heterocycles. The Morgan fingerprint density at radius 3 is 2.60 bits per heavy atom. The molecule has 2 aromatic carbocycles. The van der Waals surface area contributed by atoms with E-state index < -0.39 is 26.8 Å². The van der Waals surface area contributed by atoms with Crippen molar-refractivity contribution in [2.75, 3.05) is 25.1 Å². The average molecular weight is 716 g/mol. The number of hydrogen-bond acceptors (Lipinski definition) is 7. The number of rotatable bonds is 2. The quantitative estimate of drug-likeness (QED) is 0.284. The van der Waals surface area contributed by atoms with Gasteiger partial charge in [-0.1, -0.05) is 36.7 Å². The van der Waals surface area contributed by atoms with Crippen LogP contribution in [-0.2, 0) is 40.4 Å². The number of allylic oxidation sites excluding steroid dienone is 1. The number of aromatic nitrogens is 2. The summed E-state index contributed by atoms with van der Waals surface area (Å²) in [4.78, 5) is 20.2. The van der Waals surface area contributed by atoms with Gasteiger partial charge in [-0.15, -0.1) is 0 Å². The lowest BCUT2D eigenvalue weighted by Crippen LogP contribution is -2.50. The Morgan fingerprint density at radius 1 is 1.08 bits per heavy atom. The van der Waals surface area contributed by atoms with E-state index in [4.69, 9.17) is 32.7 Å². The summed E-state index contributed by atoms with van der Waals surface area (Å²) >= 11 is 12.8. The van der Waals surface area contributed by atoms with E-state index in [9.17, 15) is 13.2 Å².